The fraction of sp³-hybridized carbons (Fsp3) is 0.0513. The normalized spacial score (nSPS) is 14.4. The molecule has 52 heavy (non-hydrogen) atoms. The summed E-state index contributed by atoms with van der Waals surface area (Å²) in [5.74, 6) is -1.52. The predicted octanol–water partition coefficient (Wildman–Crippen LogP) is 7.24. The molecule has 0 spiro atoms. The Kier molecular flexibility index (Phi) is 9.41. The zero-order valence-corrected chi connectivity index (χ0v) is 27.9. The number of benzene rings is 5. The van der Waals surface area contributed by atoms with Gasteiger partial charge in [-0.05, 0) is 84.9 Å². The lowest BCUT2D eigenvalue weighted by Crippen LogP contribution is -2.31. The van der Waals surface area contributed by atoms with Gasteiger partial charge in [0.05, 0.1) is 21.4 Å². The van der Waals surface area contributed by atoms with Gasteiger partial charge in [0.15, 0.2) is 5.58 Å². The van der Waals surface area contributed by atoms with Crippen molar-refractivity contribution in [3.05, 3.63) is 154 Å². The topological polar surface area (TPSA) is 165 Å². The minimum atomic E-state index is -0.711. The third kappa shape index (κ3) is 7.20. The molecule has 0 radical (unpaired) electrons. The number of aromatic nitrogens is 1. The van der Waals surface area contributed by atoms with Gasteiger partial charge in [-0.15, -0.1) is 11.8 Å². The molecule has 1 aromatic heterocycles. The summed E-state index contributed by atoms with van der Waals surface area (Å²) in [6.07, 6.45) is 1.26. The number of hydrogen-bond donors (Lipinski definition) is 2. The van der Waals surface area contributed by atoms with Crippen LogP contribution in [0, 0.1) is 10.1 Å². The molecule has 7 rings (SSSR count). The molecule has 1 aliphatic heterocycles. The van der Waals surface area contributed by atoms with E-state index in [0.29, 0.717) is 38.9 Å². The minimum absolute atomic E-state index is 0.00968. The average Bonchev–Trinajstić information content (AvgIpc) is 3.72. The number of fused-ring (bicyclic) bond motifs is 1. The van der Waals surface area contributed by atoms with Crippen LogP contribution in [-0.4, -0.2) is 38.8 Å². The summed E-state index contributed by atoms with van der Waals surface area (Å²) in [5.41, 5.74) is 2.88. The lowest BCUT2D eigenvalue weighted by molar-refractivity contribution is -0.385. The van der Waals surface area contributed by atoms with Crippen molar-refractivity contribution >= 4 is 69.6 Å². The summed E-state index contributed by atoms with van der Waals surface area (Å²) in [5, 5.41) is 16.2. The highest BCUT2D eigenvalue weighted by atomic mass is 32.2. The van der Waals surface area contributed by atoms with Crippen LogP contribution in [0.15, 0.2) is 142 Å². The molecular formula is C39H27N5O7S. The van der Waals surface area contributed by atoms with Crippen molar-refractivity contribution in [1.29, 1.82) is 0 Å². The molecule has 1 saturated heterocycles. The molecular weight excluding hydrogens is 683 g/mol. The number of nitro benzene ring substituents is 1. The van der Waals surface area contributed by atoms with Crippen molar-refractivity contribution in [3.8, 4) is 11.5 Å². The molecule has 0 aliphatic carbocycles. The number of oxazole rings is 1. The van der Waals surface area contributed by atoms with Crippen LogP contribution in [-0.2, 0) is 14.4 Å². The van der Waals surface area contributed by atoms with Crippen LogP contribution in [0.3, 0.4) is 0 Å². The molecule has 6 aromatic rings. The van der Waals surface area contributed by atoms with Crippen LogP contribution in [0.5, 0.6) is 0 Å². The number of rotatable bonds is 10. The van der Waals surface area contributed by atoms with E-state index < -0.39 is 22.0 Å². The maximum absolute atomic E-state index is 13.5. The van der Waals surface area contributed by atoms with E-state index in [2.05, 4.69) is 15.6 Å². The Hall–Kier alpha value is -6.86. The van der Waals surface area contributed by atoms with Crippen molar-refractivity contribution in [1.82, 2.24) is 10.3 Å². The summed E-state index contributed by atoms with van der Waals surface area (Å²) in [6.45, 7) is 0. The molecule has 0 saturated carbocycles. The van der Waals surface area contributed by atoms with Crippen molar-refractivity contribution in [2.24, 2.45) is 0 Å². The molecule has 2 heterocycles. The van der Waals surface area contributed by atoms with Gasteiger partial charge < -0.3 is 15.1 Å². The van der Waals surface area contributed by atoms with Crippen molar-refractivity contribution in [3.63, 3.8) is 0 Å². The van der Waals surface area contributed by atoms with E-state index in [4.69, 9.17) is 4.42 Å². The Morgan fingerprint density at radius 1 is 0.865 bits per heavy atom. The standard InChI is InChI=1S/C39H27N5O7S/c45-35-23-34(39(48)43(35)28-18-14-25(15-19-28)38-42-30-11-5-7-13-33(30)51-38)52-29-20-16-27(17-21-29)40-37(47)31(41-36(46)24-8-2-1-3-9-24)22-26-10-4-6-12-32(26)44(49)50/h1-22,34H,23H2,(H,40,47)(H,41,46)/b31-22+. The monoisotopic (exact) mass is 709 g/mol. The highest BCUT2D eigenvalue weighted by Crippen LogP contribution is 2.35. The van der Waals surface area contributed by atoms with Gasteiger partial charge in [0, 0.05) is 34.2 Å². The van der Waals surface area contributed by atoms with Crippen LogP contribution in [0.4, 0.5) is 17.1 Å². The highest BCUT2D eigenvalue weighted by Gasteiger charge is 2.40. The maximum atomic E-state index is 13.5. The van der Waals surface area contributed by atoms with Crippen LogP contribution < -0.4 is 15.5 Å². The van der Waals surface area contributed by atoms with Gasteiger partial charge in [-0.1, -0.05) is 42.5 Å². The molecule has 13 heteroatoms. The lowest BCUT2D eigenvalue weighted by Gasteiger charge is -2.15. The first-order valence-corrected chi connectivity index (χ1v) is 16.8. The van der Waals surface area contributed by atoms with Gasteiger partial charge in [0.25, 0.3) is 17.5 Å². The summed E-state index contributed by atoms with van der Waals surface area (Å²) < 4.78 is 5.83. The fourth-order valence-electron chi connectivity index (χ4n) is 5.57. The van der Waals surface area contributed by atoms with E-state index >= 15 is 0 Å². The SMILES string of the molecule is O=C(Nc1ccc(SC2CC(=O)N(c3ccc(-c4nc5ccccc5o4)cc3)C2=O)cc1)/C(=C\c1ccccc1[N+](=O)[O-])NC(=O)c1ccccc1. The van der Waals surface area contributed by atoms with E-state index in [1.165, 1.54) is 40.9 Å². The Morgan fingerprint density at radius 2 is 1.56 bits per heavy atom. The van der Waals surface area contributed by atoms with Crippen molar-refractivity contribution in [2.45, 2.75) is 16.6 Å². The Bertz CT molecular complexity index is 2340. The van der Waals surface area contributed by atoms with Crippen molar-refractivity contribution < 1.29 is 28.5 Å². The number of nitrogens with one attached hydrogen (secondary N) is 2. The number of imide groups is 1. The van der Waals surface area contributed by atoms with E-state index in [0.717, 1.165) is 5.52 Å². The molecule has 1 fully saturated rings. The minimum Gasteiger partial charge on any atom is -0.436 e. The molecule has 0 bridgehead atoms. The molecule has 4 amide bonds. The molecule has 12 nitrogen and oxygen atoms in total. The van der Waals surface area contributed by atoms with Crippen LogP contribution in [0.1, 0.15) is 22.3 Å². The van der Waals surface area contributed by atoms with E-state index in [-0.39, 0.29) is 35.2 Å². The van der Waals surface area contributed by atoms with Gasteiger partial charge in [-0.3, -0.25) is 29.3 Å². The number of amides is 4. The number of nitro groups is 1. The second-order valence-corrected chi connectivity index (χ2v) is 12.9. The largest absolute Gasteiger partial charge is 0.436 e. The number of carbonyl (C=O) groups is 4. The smallest absolute Gasteiger partial charge is 0.276 e. The third-order valence-electron chi connectivity index (χ3n) is 8.12. The van der Waals surface area contributed by atoms with Crippen LogP contribution in [0.25, 0.3) is 28.6 Å². The summed E-state index contributed by atoms with van der Waals surface area (Å²) in [7, 11) is 0. The van der Waals surface area contributed by atoms with Gasteiger partial charge in [0.1, 0.15) is 11.2 Å². The highest BCUT2D eigenvalue weighted by molar-refractivity contribution is 8.00. The molecule has 5 aromatic carbocycles. The first-order valence-electron chi connectivity index (χ1n) is 16.0. The second-order valence-electron chi connectivity index (χ2n) is 11.6. The van der Waals surface area contributed by atoms with E-state index in [1.54, 1.807) is 84.9 Å². The third-order valence-corrected chi connectivity index (χ3v) is 9.32. The van der Waals surface area contributed by atoms with Gasteiger partial charge in [-0.2, -0.15) is 0 Å². The Morgan fingerprint density at radius 3 is 2.29 bits per heavy atom. The molecule has 1 atom stereocenters. The molecule has 1 aliphatic rings. The number of hydrogen-bond acceptors (Lipinski definition) is 9. The average molecular weight is 710 g/mol. The van der Waals surface area contributed by atoms with Crippen LogP contribution >= 0.6 is 11.8 Å². The van der Waals surface area contributed by atoms with E-state index in [1.807, 2.05) is 24.3 Å². The summed E-state index contributed by atoms with van der Waals surface area (Å²) in [6, 6.07) is 35.0. The number of thioether (sulfide) groups is 1. The first kappa shape index (κ1) is 33.6. The summed E-state index contributed by atoms with van der Waals surface area (Å²) in [4.78, 5) is 70.2. The Labute approximate surface area is 300 Å². The number of anilines is 2. The lowest BCUT2D eigenvalue weighted by atomic mass is 10.1. The zero-order chi connectivity index (χ0) is 36.2. The van der Waals surface area contributed by atoms with Gasteiger partial charge in [0.2, 0.25) is 17.7 Å². The van der Waals surface area contributed by atoms with Crippen LogP contribution in [0.2, 0.25) is 0 Å². The summed E-state index contributed by atoms with van der Waals surface area (Å²) >= 11 is 1.23. The molecule has 256 valence electrons. The predicted molar refractivity (Wildman–Crippen MR) is 196 cm³/mol. The number of nitrogens with zero attached hydrogens (tertiary/aromatic N) is 3. The first-order chi connectivity index (χ1) is 25.2. The number of carbonyl (C=O) groups excluding carboxylic acids is 4. The zero-order valence-electron chi connectivity index (χ0n) is 27.1. The van der Waals surface area contributed by atoms with Crippen molar-refractivity contribution in [2.75, 3.05) is 10.2 Å². The quantitative estimate of drug-likeness (QED) is 0.0646. The second kappa shape index (κ2) is 14.5. The fourth-order valence-corrected chi connectivity index (χ4v) is 6.62. The molecule has 1 unspecified atom stereocenters. The molecule has 2 N–H and O–H groups in total. The van der Waals surface area contributed by atoms with Gasteiger partial charge in [-0.25, -0.2) is 9.88 Å². The maximum Gasteiger partial charge on any atom is 0.276 e. The number of para-hydroxylation sites is 3. The van der Waals surface area contributed by atoms with Gasteiger partial charge >= 0.3 is 0 Å². The van der Waals surface area contributed by atoms with E-state index in [9.17, 15) is 29.3 Å². The Balaban J connectivity index is 1.03.